The van der Waals surface area contributed by atoms with Gasteiger partial charge in [0.25, 0.3) is 0 Å². The minimum absolute atomic E-state index is 0.247. The maximum atomic E-state index is 11.1. The number of benzene rings is 2. The monoisotopic (exact) mass is 306 g/mol. The predicted octanol–water partition coefficient (Wildman–Crippen LogP) is 3.07. The van der Waals surface area contributed by atoms with Gasteiger partial charge < -0.3 is 5.73 Å². The lowest BCUT2D eigenvalue weighted by molar-refractivity contribution is -0.119. The van der Waals surface area contributed by atoms with Crippen molar-refractivity contribution in [2.24, 2.45) is 5.73 Å². The van der Waals surface area contributed by atoms with E-state index in [-0.39, 0.29) is 5.91 Å². The maximum Gasteiger partial charge on any atom is 0.231 e. The summed E-state index contributed by atoms with van der Waals surface area (Å²) in [5, 5.41) is 0. The molecule has 1 saturated heterocycles. The zero-order chi connectivity index (χ0) is 16.1. The van der Waals surface area contributed by atoms with Crippen molar-refractivity contribution in [3.63, 3.8) is 0 Å². The van der Waals surface area contributed by atoms with Gasteiger partial charge in [-0.2, -0.15) is 0 Å². The summed E-state index contributed by atoms with van der Waals surface area (Å²) < 4.78 is 0. The standard InChI is InChI=1S/C20H22N2O/c21-19(23)15-22-13-11-18(12-14-22)20(16-7-3-1-4-8-16)17-9-5-2-6-10-17/h1-10H,11-15H2,(H2,21,23). The predicted molar refractivity (Wildman–Crippen MR) is 93.8 cm³/mol. The number of carbonyl (C=O) groups is 1. The molecule has 0 unspecified atom stereocenters. The molecule has 0 bridgehead atoms. The van der Waals surface area contributed by atoms with Gasteiger partial charge in [0.15, 0.2) is 0 Å². The van der Waals surface area contributed by atoms with Crippen LogP contribution in [0.4, 0.5) is 0 Å². The maximum absolute atomic E-state index is 11.1. The van der Waals surface area contributed by atoms with E-state index >= 15 is 0 Å². The Morgan fingerprint density at radius 3 is 1.78 bits per heavy atom. The molecule has 1 aliphatic rings. The molecule has 2 aromatic rings. The van der Waals surface area contributed by atoms with Crippen LogP contribution in [0.2, 0.25) is 0 Å². The van der Waals surface area contributed by atoms with Crippen molar-refractivity contribution in [2.45, 2.75) is 12.8 Å². The van der Waals surface area contributed by atoms with E-state index < -0.39 is 0 Å². The van der Waals surface area contributed by atoms with E-state index in [4.69, 9.17) is 5.73 Å². The molecule has 3 heteroatoms. The average molecular weight is 306 g/mol. The fourth-order valence-electron chi connectivity index (χ4n) is 3.24. The Kier molecular flexibility index (Phi) is 4.89. The second-order valence-electron chi connectivity index (χ2n) is 5.95. The van der Waals surface area contributed by atoms with Gasteiger partial charge in [0.05, 0.1) is 6.54 Å². The summed E-state index contributed by atoms with van der Waals surface area (Å²) in [4.78, 5) is 13.2. The molecule has 3 rings (SSSR count). The number of primary amides is 1. The Bertz CT molecular complexity index is 641. The first-order valence-electron chi connectivity index (χ1n) is 8.07. The second-order valence-corrected chi connectivity index (χ2v) is 5.95. The van der Waals surface area contributed by atoms with Gasteiger partial charge in [-0.3, -0.25) is 9.69 Å². The van der Waals surface area contributed by atoms with Crippen molar-refractivity contribution in [1.29, 1.82) is 0 Å². The molecule has 3 nitrogen and oxygen atoms in total. The summed E-state index contributed by atoms with van der Waals surface area (Å²) >= 11 is 0. The van der Waals surface area contributed by atoms with Gasteiger partial charge in [0.1, 0.15) is 0 Å². The van der Waals surface area contributed by atoms with Gasteiger partial charge in [-0.05, 0) is 29.5 Å². The molecule has 0 aromatic heterocycles. The molecule has 0 radical (unpaired) electrons. The molecular weight excluding hydrogens is 284 g/mol. The van der Waals surface area contributed by atoms with Crippen LogP contribution in [0.1, 0.15) is 24.0 Å². The first kappa shape index (κ1) is 15.5. The zero-order valence-electron chi connectivity index (χ0n) is 13.2. The Balaban J connectivity index is 1.92. The van der Waals surface area contributed by atoms with E-state index in [1.54, 1.807) is 0 Å². The minimum atomic E-state index is -0.247. The molecule has 0 spiro atoms. The van der Waals surface area contributed by atoms with Gasteiger partial charge in [-0.1, -0.05) is 66.2 Å². The van der Waals surface area contributed by atoms with E-state index in [1.807, 2.05) is 12.1 Å². The van der Waals surface area contributed by atoms with Crippen molar-refractivity contribution in [3.8, 4) is 0 Å². The lowest BCUT2D eigenvalue weighted by Gasteiger charge is -2.29. The molecular formula is C20H22N2O. The Morgan fingerprint density at radius 2 is 1.35 bits per heavy atom. The van der Waals surface area contributed by atoms with Crippen LogP contribution >= 0.6 is 0 Å². The number of carbonyl (C=O) groups excluding carboxylic acids is 1. The summed E-state index contributed by atoms with van der Waals surface area (Å²) in [7, 11) is 0. The minimum Gasteiger partial charge on any atom is -0.369 e. The molecule has 0 atom stereocenters. The third-order valence-corrected chi connectivity index (χ3v) is 4.32. The molecule has 23 heavy (non-hydrogen) atoms. The molecule has 1 heterocycles. The summed E-state index contributed by atoms with van der Waals surface area (Å²) in [5.41, 5.74) is 10.6. The molecule has 1 fully saturated rings. The Hall–Kier alpha value is -2.39. The average Bonchev–Trinajstić information content (AvgIpc) is 2.58. The number of nitrogens with zero attached hydrogens (tertiary/aromatic N) is 1. The molecule has 2 aromatic carbocycles. The fourth-order valence-corrected chi connectivity index (χ4v) is 3.24. The lowest BCUT2D eigenvalue weighted by Crippen LogP contribution is -2.38. The SMILES string of the molecule is NC(=O)CN1CCC(=C(c2ccccc2)c2ccccc2)CC1. The van der Waals surface area contributed by atoms with Crippen LogP contribution < -0.4 is 5.73 Å². The third-order valence-electron chi connectivity index (χ3n) is 4.32. The summed E-state index contributed by atoms with van der Waals surface area (Å²) in [6, 6.07) is 21.1. The molecule has 0 aliphatic carbocycles. The number of hydrogen-bond acceptors (Lipinski definition) is 2. The van der Waals surface area contributed by atoms with Crippen LogP contribution in [-0.4, -0.2) is 30.4 Å². The Morgan fingerprint density at radius 1 is 0.870 bits per heavy atom. The first-order valence-corrected chi connectivity index (χ1v) is 8.07. The number of hydrogen-bond donors (Lipinski definition) is 1. The van der Waals surface area contributed by atoms with Gasteiger partial charge in [0.2, 0.25) is 5.91 Å². The lowest BCUT2D eigenvalue weighted by atomic mass is 9.88. The third kappa shape index (κ3) is 3.88. The normalized spacial score (nSPS) is 15.4. The molecule has 118 valence electrons. The molecule has 2 N–H and O–H groups in total. The summed E-state index contributed by atoms with van der Waals surface area (Å²) in [6.45, 7) is 2.14. The van der Waals surface area contributed by atoms with Crippen molar-refractivity contribution in [1.82, 2.24) is 4.90 Å². The largest absolute Gasteiger partial charge is 0.369 e. The van der Waals surface area contributed by atoms with Gasteiger partial charge in [-0.15, -0.1) is 0 Å². The van der Waals surface area contributed by atoms with Crippen LogP contribution in [0.5, 0.6) is 0 Å². The van der Waals surface area contributed by atoms with Gasteiger partial charge in [0, 0.05) is 13.1 Å². The molecule has 1 aliphatic heterocycles. The smallest absolute Gasteiger partial charge is 0.231 e. The zero-order valence-corrected chi connectivity index (χ0v) is 13.2. The molecule has 0 saturated carbocycles. The summed E-state index contributed by atoms with van der Waals surface area (Å²) in [6.07, 6.45) is 1.96. The highest BCUT2D eigenvalue weighted by atomic mass is 16.1. The van der Waals surface area contributed by atoms with Crippen molar-refractivity contribution >= 4 is 11.5 Å². The van der Waals surface area contributed by atoms with Gasteiger partial charge in [-0.25, -0.2) is 0 Å². The van der Waals surface area contributed by atoms with Crippen LogP contribution in [0.3, 0.4) is 0 Å². The summed E-state index contributed by atoms with van der Waals surface area (Å²) in [5.74, 6) is -0.247. The van der Waals surface area contributed by atoms with Crippen LogP contribution in [0, 0.1) is 0 Å². The highest BCUT2D eigenvalue weighted by molar-refractivity contribution is 5.82. The number of rotatable bonds is 4. The molecule has 1 amide bonds. The van der Waals surface area contributed by atoms with Crippen molar-refractivity contribution in [3.05, 3.63) is 77.4 Å². The highest BCUT2D eigenvalue weighted by Gasteiger charge is 2.19. The van der Waals surface area contributed by atoms with E-state index in [1.165, 1.54) is 22.3 Å². The van der Waals surface area contributed by atoms with Crippen LogP contribution in [0.25, 0.3) is 5.57 Å². The van der Waals surface area contributed by atoms with Crippen molar-refractivity contribution < 1.29 is 4.79 Å². The van der Waals surface area contributed by atoms with E-state index in [2.05, 4.69) is 53.4 Å². The topological polar surface area (TPSA) is 46.3 Å². The first-order chi connectivity index (χ1) is 11.2. The van der Waals surface area contributed by atoms with Crippen LogP contribution in [-0.2, 0) is 4.79 Å². The van der Waals surface area contributed by atoms with E-state index in [9.17, 15) is 4.79 Å². The van der Waals surface area contributed by atoms with Crippen LogP contribution in [0.15, 0.2) is 66.2 Å². The van der Waals surface area contributed by atoms with Gasteiger partial charge >= 0.3 is 0 Å². The Labute approximate surface area is 137 Å². The number of likely N-dealkylation sites (tertiary alicyclic amines) is 1. The quantitative estimate of drug-likeness (QED) is 0.943. The number of nitrogens with two attached hydrogens (primary N) is 1. The van der Waals surface area contributed by atoms with E-state index in [0.29, 0.717) is 6.54 Å². The van der Waals surface area contributed by atoms with Crippen molar-refractivity contribution in [2.75, 3.05) is 19.6 Å². The number of piperidine rings is 1. The number of amides is 1. The second kappa shape index (κ2) is 7.25. The fraction of sp³-hybridized carbons (Fsp3) is 0.250. The van der Waals surface area contributed by atoms with E-state index in [0.717, 1.165) is 25.9 Å². The highest BCUT2D eigenvalue weighted by Crippen LogP contribution is 2.32.